The van der Waals surface area contributed by atoms with E-state index in [9.17, 15) is 14.9 Å². The van der Waals surface area contributed by atoms with Crippen LogP contribution in [0.15, 0.2) is 18.2 Å². The Morgan fingerprint density at radius 3 is 2.52 bits per heavy atom. The third-order valence-electron chi connectivity index (χ3n) is 2.42. The van der Waals surface area contributed by atoms with Gasteiger partial charge >= 0.3 is 5.69 Å². The average Bonchev–Trinajstić information content (AvgIpc) is 2.34. The van der Waals surface area contributed by atoms with Gasteiger partial charge in [0.1, 0.15) is 0 Å². The van der Waals surface area contributed by atoms with Gasteiger partial charge in [0.25, 0.3) is 0 Å². The molecule has 0 bridgehead atoms. The molecule has 21 heavy (non-hydrogen) atoms. The summed E-state index contributed by atoms with van der Waals surface area (Å²) in [5, 5.41) is 16.6. The third-order valence-corrected chi connectivity index (χ3v) is 2.42. The maximum atomic E-state index is 11.6. The van der Waals surface area contributed by atoms with E-state index in [0.717, 1.165) is 0 Å². The first kappa shape index (κ1) is 16.7. The van der Waals surface area contributed by atoms with Gasteiger partial charge in [-0.15, -0.1) is 0 Å². The van der Waals surface area contributed by atoms with Gasteiger partial charge in [0, 0.05) is 23.9 Å². The number of rotatable bonds is 7. The number of carbonyl (C=O) groups excluding carboxylic acids is 1. The number of ether oxygens (including phenoxy) is 1. The van der Waals surface area contributed by atoms with Crippen molar-refractivity contribution in [3.8, 4) is 5.75 Å². The largest absolute Gasteiger partial charge is 0.484 e. The summed E-state index contributed by atoms with van der Waals surface area (Å²) in [6.07, 6.45) is -0.178. The van der Waals surface area contributed by atoms with E-state index >= 15 is 0 Å². The Kier molecular flexibility index (Phi) is 5.95. The van der Waals surface area contributed by atoms with Crippen LogP contribution in [0.4, 0.5) is 11.4 Å². The molecule has 0 aliphatic rings. The minimum absolute atomic E-state index is 0.0657. The minimum atomic E-state index is -0.493. The summed E-state index contributed by atoms with van der Waals surface area (Å²) in [5.41, 5.74) is 0.496. The minimum Gasteiger partial charge on any atom is -0.484 e. The van der Waals surface area contributed by atoms with E-state index in [1.165, 1.54) is 12.1 Å². The van der Waals surface area contributed by atoms with Crippen LogP contribution in [0.2, 0.25) is 0 Å². The molecule has 1 rings (SSSR count). The lowest BCUT2D eigenvalue weighted by molar-refractivity contribution is -0.386. The average molecular weight is 295 g/mol. The second-order valence-electron chi connectivity index (χ2n) is 5.18. The molecule has 7 heteroatoms. The smallest absolute Gasteiger partial charge is 0.311 e. The van der Waals surface area contributed by atoms with Gasteiger partial charge in [-0.25, -0.2) is 0 Å². The maximum Gasteiger partial charge on any atom is 0.311 e. The van der Waals surface area contributed by atoms with Crippen LogP contribution < -0.4 is 15.4 Å². The van der Waals surface area contributed by atoms with Crippen molar-refractivity contribution in [2.45, 2.75) is 39.8 Å². The fraction of sp³-hybridized carbons (Fsp3) is 0.500. The Morgan fingerprint density at radius 2 is 2.00 bits per heavy atom. The van der Waals surface area contributed by atoms with E-state index in [2.05, 4.69) is 10.6 Å². The normalized spacial score (nSPS) is 10.6. The number of hydrogen-bond donors (Lipinski definition) is 2. The zero-order valence-corrected chi connectivity index (χ0v) is 12.7. The molecule has 116 valence electrons. The third kappa shape index (κ3) is 5.68. The lowest BCUT2D eigenvalue weighted by Crippen LogP contribution is -2.34. The molecule has 0 aromatic heterocycles. The van der Waals surface area contributed by atoms with Gasteiger partial charge in [0.15, 0.2) is 5.75 Å². The molecular weight excluding hydrogens is 274 g/mol. The van der Waals surface area contributed by atoms with Crippen LogP contribution in [0.3, 0.4) is 0 Å². The Bertz CT molecular complexity index is 515. The highest BCUT2D eigenvalue weighted by atomic mass is 16.6. The summed E-state index contributed by atoms with van der Waals surface area (Å²) in [6, 6.07) is 4.51. The molecule has 1 aromatic rings. The maximum absolute atomic E-state index is 11.6. The van der Waals surface area contributed by atoms with Gasteiger partial charge in [-0.05, 0) is 33.8 Å². The first-order chi connectivity index (χ1) is 9.79. The Hall–Kier alpha value is -2.31. The van der Waals surface area contributed by atoms with Crippen molar-refractivity contribution in [3.63, 3.8) is 0 Å². The second kappa shape index (κ2) is 7.47. The predicted molar refractivity (Wildman–Crippen MR) is 80.6 cm³/mol. The number of hydrogen-bond acceptors (Lipinski definition) is 5. The highest BCUT2D eigenvalue weighted by Crippen LogP contribution is 2.30. The van der Waals surface area contributed by atoms with Crippen LogP contribution in [-0.4, -0.2) is 29.5 Å². The zero-order valence-electron chi connectivity index (χ0n) is 12.7. The van der Waals surface area contributed by atoms with Gasteiger partial charge < -0.3 is 15.4 Å². The van der Waals surface area contributed by atoms with Gasteiger partial charge in [0.05, 0.1) is 17.6 Å². The van der Waals surface area contributed by atoms with E-state index < -0.39 is 4.92 Å². The fourth-order valence-corrected chi connectivity index (χ4v) is 1.68. The predicted octanol–water partition coefficient (Wildman–Crippen LogP) is 2.32. The molecule has 0 heterocycles. The molecule has 2 N–H and O–H groups in total. The molecular formula is C14H21N3O4. The van der Waals surface area contributed by atoms with Gasteiger partial charge in [-0.3, -0.25) is 14.9 Å². The molecule has 0 saturated carbocycles. The molecule has 0 fully saturated rings. The van der Waals surface area contributed by atoms with E-state index in [4.69, 9.17) is 4.74 Å². The van der Waals surface area contributed by atoms with Crippen molar-refractivity contribution in [3.05, 3.63) is 28.3 Å². The van der Waals surface area contributed by atoms with Gasteiger partial charge in [-0.2, -0.15) is 0 Å². The number of benzene rings is 1. The first-order valence-electron chi connectivity index (χ1n) is 6.78. The van der Waals surface area contributed by atoms with Crippen molar-refractivity contribution >= 4 is 17.3 Å². The number of amides is 1. The van der Waals surface area contributed by atoms with E-state index in [1.807, 2.05) is 13.8 Å². The standard InChI is InChI=1S/C14H21N3O4/c1-9(2)16-14(18)8-15-11-5-6-12(17(19)20)13(7-11)21-10(3)4/h5-7,9-10,15H,8H2,1-4H3,(H,16,18). The summed E-state index contributed by atoms with van der Waals surface area (Å²) in [6.45, 7) is 7.42. The number of carbonyl (C=O) groups is 1. The molecule has 0 aliphatic carbocycles. The Labute approximate surface area is 123 Å². The number of anilines is 1. The van der Waals surface area contributed by atoms with E-state index in [0.29, 0.717) is 5.69 Å². The second-order valence-corrected chi connectivity index (χ2v) is 5.18. The molecule has 0 atom stereocenters. The van der Waals surface area contributed by atoms with Crippen LogP contribution in [0, 0.1) is 10.1 Å². The van der Waals surface area contributed by atoms with Gasteiger partial charge in [0.2, 0.25) is 5.91 Å². The Balaban J connectivity index is 2.80. The van der Waals surface area contributed by atoms with E-state index in [1.54, 1.807) is 19.9 Å². The SMILES string of the molecule is CC(C)NC(=O)CNc1ccc([N+](=O)[O-])c(OC(C)C)c1. The summed E-state index contributed by atoms with van der Waals surface area (Å²) in [7, 11) is 0. The summed E-state index contributed by atoms with van der Waals surface area (Å²) in [5.74, 6) is 0.0407. The molecule has 1 amide bonds. The lowest BCUT2D eigenvalue weighted by Gasteiger charge is -2.13. The summed E-state index contributed by atoms with van der Waals surface area (Å²) in [4.78, 5) is 22.0. The molecule has 0 unspecified atom stereocenters. The number of nitrogens with one attached hydrogen (secondary N) is 2. The topological polar surface area (TPSA) is 93.5 Å². The number of nitro benzene ring substituents is 1. The van der Waals surface area contributed by atoms with Crippen LogP contribution >= 0.6 is 0 Å². The molecule has 0 saturated heterocycles. The Morgan fingerprint density at radius 1 is 1.33 bits per heavy atom. The fourth-order valence-electron chi connectivity index (χ4n) is 1.68. The van der Waals surface area contributed by atoms with Crippen molar-refractivity contribution in [1.29, 1.82) is 0 Å². The molecule has 0 spiro atoms. The van der Waals surface area contributed by atoms with Crippen LogP contribution in [0.25, 0.3) is 0 Å². The van der Waals surface area contributed by atoms with Crippen molar-refractivity contribution in [1.82, 2.24) is 5.32 Å². The quantitative estimate of drug-likeness (QED) is 0.594. The number of nitrogens with zero attached hydrogens (tertiary/aromatic N) is 1. The van der Waals surface area contributed by atoms with Crippen molar-refractivity contribution < 1.29 is 14.5 Å². The first-order valence-corrected chi connectivity index (χ1v) is 6.78. The molecule has 1 aromatic carbocycles. The highest BCUT2D eigenvalue weighted by Gasteiger charge is 2.17. The van der Waals surface area contributed by atoms with Crippen molar-refractivity contribution in [2.75, 3.05) is 11.9 Å². The van der Waals surface area contributed by atoms with Gasteiger partial charge in [-0.1, -0.05) is 0 Å². The monoisotopic (exact) mass is 295 g/mol. The molecule has 0 radical (unpaired) electrons. The van der Waals surface area contributed by atoms with Crippen LogP contribution in [0.5, 0.6) is 5.75 Å². The van der Waals surface area contributed by atoms with Crippen molar-refractivity contribution in [2.24, 2.45) is 0 Å². The lowest BCUT2D eigenvalue weighted by atomic mass is 10.2. The number of nitro groups is 1. The molecule has 0 aliphatic heterocycles. The summed E-state index contributed by atoms with van der Waals surface area (Å²) < 4.78 is 5.44. The highest BCUT2D eigenvalue weighted by molar-refractivity contribution is 5.81. The van der Waals surface area contributed by atoms with Crippen LogP contribution in [-0.2, 0) is 4.79 Å². The van der Waals surface area contributed by atoms with E-state index in [-0.39, 0.29) is 36.0 Å². The zero-order chi connectivity index (χ0) is 16.0. The van der Waals surface area contributed by atoms with Crippen LogP contribution in [0.1, 0.15) is 27.7 Å². The molecule has 7 nitrogen and oxygen atoms in total. The summed E-state index contributed by atoms with van der Waals surface area (Å²) >= 11 is 0.